The van der Waals surface area contributed by atoms with E-state index in [0.29, 0.717) is 0 Å². The van der Waals surface area contributed by atoms with Gasteiger partial charge in [-0.05, 0) is 18.6 Å². The Bertz CT molecular complexity index is 112. The van der Waals surface area contributed by atoms with Gasteiger partial charge in [-0.25, -0.2) is 5.48 Å². The van der Waals surface area contributed by atoms with Crippen molar-refractivity contribution >= 4 is 0 Å². The van der Waals surface area contributed by atoms with Crippen molar-refractivity contribution in [2.45, 2.75) is 6.42 Å². The molecule has 2 rings (SSSR count). The van der Waals surface area contributed by atoms with Crippen LogP contribution in [0, 0.1) is 0 Å². The minimum absolute atomic E-state index is 1.00. The van der Waals surface area contributed by atoms with Crippen molar-refractivity contribution < 1.29 is 9.57 Å². The third kappa shape index (κ3) is 3.14. The molecule has 0 aliphatic carbocycles. The molecule has 0 aromatic carbocycles. The minimum atomic E-state index is 1.00. The first kappa shape index (κ1) is 7.15. The maximum absolute atomic E-state index is 4.72. The Kier molecular flexibility index (Phi) is 3.49. The quantitative estimate of drug-likeness (QED) is 0.545. The summed E-state index contributed by atoms with van der Waals surface area (Å²) in [6.07, 6.45) is 8.21. The number of nitrogens with one attached hydrogen (secondary N) is 1. The SMILES string of the molecule is C1=CNOC=C1.C1COC1. The molecule has 0 amide bonds. The Hall–Kier alpha value is -0.960. The normalized spacial score (nSPS) is 19.2. The number of hydroxylamine groups is 1. The maximum Gasteiger partial charge on any atom is 0.119 e. The van der Waals surface area contributed by atoms with Crippen LogP contribution < -0.4 is 5.48 Å². The molecular formula is C7H11NO2. The van der Waals surface area contributed by atoms with Gasteiger partial charge in [0.15, 0.2) is 0 Å². The summed E-state index contributed by atoms with van der Waals surface area (Å²) in [4.78, 5) is 4.55. The Morgan fingerprint density at radius 3 is 2.00 bits per heavy atom. The number of hydrogen-bond acceptors (Lipinski definition) is 3. The predicted octanol–water partition coefficient (Wildman–Crippen LogP) is 0.955. The summed E-state index contributed by atoms with van der Waals surface area (Å²) in [7, 11) is 0. The molecule has 3 heteroatoms. The average Bonchev–Trinajstić information content (AvgIpc) is 1.88. The molecule has 0 atom stereocenters. The van der Waals surface area contributed by atoms with Gasteiger partial charge in [-0.15, -0.1) is 0 Å². The Morgan fingerprint density at radius 2 is 1.90 bits per heavy atom. The standard InChI is InChI=1S/C4H5NO.C3H6O/c1-2-4-6-5-3-1;1-2-4-3-1/h1-5H;1-3H2. The summed E-state index contributed by atoms with van der Waals surface area (Å²) in [6.45, 7) is 2.00. The number of allylic oxidation sites excluding steroid dienone is 2. The van der Waals surface area contributed by atoms with Crippen molar-refractivity contribution in [3.63, 3.8) is 0 Å². The van der Waals surface area contributed by atoms with Crippen LogP contribution in [0.25, 0.3) is 0 Å². The van der Waals surface area contributed by atoms with Crippen LogP contribution in [0.4, 0.5) is 0 Å². The topological polar surface area (TPSA) is 30.5 Å². The van der Waals surface area contributed by atoms with Gasteiger partial charge in [0.25, 0.3) is 0 Å². The highest BCUT2D eigenvalue weighted by Crippen LogP contribution is 1.93. The summed E-state index contributed by atoms with van der Waals surface area (Å²) in [5.74, 6) is 0. The molecule has 56 valence electrons. The van der Waals surface area contributed by atoms with Crippen molar-refractivity contribution in [3.8, 4) is 0 Å². The fourth-order valence-electron chi connectivity index (χ4n) is 0.402. The second kappa shape index (κ2) is 4.88. The van der Waals surface area contributed by atoms with Crippen molar-refractivity contribution in [2.75, 3.05) is 13.2 Å². The van der Waals surface area contributed by atoms with Crippen LogP contribution in [-0.2, 0) is 9.57 Å². The zero-order chi connectivity index (χ0) is 7.07. The van der Waals surface area contributed by atoms with Crippen LogP contribution in [0.2, 0.25) is 0 Å². The van der Waals surface area contributed by atoms with E-state index in [0.717, 1.165) is 13.2 Å². The number of ether oxygens (including phenoxy) is 1. The molecule has 1 saturated heterocycles. The zero-order valence-corrected chi connectivity index (χ0v) is 5.75. The molecule has 1 N–H and O–H groups in total. The Labute approximate surface area is 60.3 Å². The van der Waals surface area contributed by atoms with Gasteiger partial charge in [0.2, 0.25) is 0 Å². The van der Waals surface area contributed by atoms with Crippen molar-refractivity contribution in [1.29, 1.82) is 0 Å². The molecule has 1 fully saturated rings. The second-order valence-electron chi connectivity index (χ2n) is 1.89. The van der Waals surface area contributed by atoms with Gasteiger partial charge in [0.1, 0.15) is 6.26 Å². The lowest BCUT2D eigenvalue weighted by atomic mass is 10.4. The Balaban J connectivity index is 0.000000108. The highest BCUT2D eigenvalue weighted by Gasteiger charge is 1.94. The van der Waals surface area contributed by atoms with E-state index in [1.807, 2.05) is 6.08 Å². The smallest absolute Gasteiger partial charge is 0.119 e. The molecule has 0 unspecified atom stereocenters. The molecule has 2 aliphatic rings. The van der Waals surface area contributed by atoms with Crippen molar-refractivity contribution in [1.82, 2.24) is 5.48 Å². The highest BCUT2D eigenvalue weighted by atomic mass is 16.6. The second-order valence-corrected chi connectivity index (χ2v) is 1.89. The molecule has 0 aromatic rings. The Morgan fingerprint density at radius 1 is 1.20 bits per heavy atom. The lowest BCUT2D eigenvalue weighted by Gasteiger charge is -2.09. The van der Waals surface area contributed by atoms with E-state index < -0.39 is 0 Å². The number of rotatable bonds is 0. The lowest BCUT2D eigenvalue weighted by molar-refractivity contribution is 0.0367. The fourth-order valence-corrected chi connectivity index (χ4v) is 0.402. The molecule has 0 radical (unpaired) electrons. The summed E-state index contributed by atoms with van der Waals surface area (Å²) in [5.41, 5.74) is 2.52. The minimum Gasteiger partial charge on any atom is -0.391 e. The van der Waals surface area contributed by atoms with Gasteiger partial charge in [-0.1, -0.05) is 0 Å². The lowest BCUT2D eigenvalue weighted by Crippen LogP contribution is -2.09. The van der Waals surface area contributed by atoms with E-state index >= 15 is 0 Å². The summed E-state index contributed by atoms with van der Waals surface area (Å²) in [5, 5.41) is 0. The van der Waals surface area contributed by atoms with Gasteiger partial charge >= 0.3 is 0 Å². The van der Waals surface area contributed by atoms with Crippen LogP contribution in [0.5, 0.6) is 0 Å². The first-order valence-electron chi connectivity index (χ1n) is 3.31. The van der Waals surface area contributed by atoms with Gasteiger partial charge in [0.05, 0.1) is 0 Å². The van der Waals surface area contributed by atoms with Gasteiger partial charge in [-0.3, -0.25) is 0 Å². The molecule has 0 saturated carbocycles. The van der Waals surface area contributed by atoms with E-state index in [9.17, 15) is 0 Å². The molecule has 2 aliphatic heterocycles. The summed E-state index contributed by atoms with van der Waals surface area (Å²) < 4.78 is 4.72. The largest absolute Gasteiger partial charge is 0.391 e. The molecule has 0 aromatic heterocycles. The van der Waals surface area contributed by atoms with Crippen molar-refractivity contribution in [2.24, 2.45) is 0 Å². The van der Waals surface area contributed by atoms with Gasteiger partial charge in [-0.2, -0.15) is 0 Å². The van der Waals surface area contributed by atoms with E-state index in [-0.39, 0.29) is 0 Å². The maximum atomic E-state index is 4.72. The van der Waals surface area contributed by atoms with Crippen LogP contribution in [-0.4, -0.2) is 13.2 Å². The molecular weight excluding hydrogens is 130 g/mol. The fraction of sp³-hybridized carbons (Fsp3) is 0.429. The molecule has 2 heterocycles. The molecule has 0 bridgehead atoms. The first-order chi connectivity index (χ1) is 5.00. The first-order valence-corrected chi connectivity index (χ1v) is 3.31. The highest BCUT2D eigenvalue weighted by molar-refractivity contribution is 5.00. The van der Waals surface area contributed by atoms with Gasteiger partial charge in [0, 0.05) is 19.4 Å². The van der Waals surface area contributed by atoms with Crippen LogP contribution >= 0.6 is 0 Å². The monoisotopic (exact) mass is 141 g/mol. The van der Waals surface area contributed by atoms with Gasteiger partial charge < -0.3 is 9.57 Å². The summed E-state index contributed by atoms with van der Waals surface area (Å²) in [6, 6.07) is 0. The molecule has 0 spiro atoms. The van der Waals surface area contributed by atoms with Crippen LogP contribution in [0.1, 0.15) is 6.42 Å². The molecule has 3 nitrogen and oxygen atoms in total. The van der Waals surface area contributed by atoms with E-state index in [1.54, 1.807) is 18.5 Å². The zero-order valence-electron chi connectivity index (χ0n) is 5.75. The van der Waals surface area contributed by atoms with Crippen LogP contribution in [0.15, 0.2) is 24.6 Å². The average molecular weight is 141 g/mol. The van der Waals surface area contributed by atoms with E-state index in [2.05, 4.69) is 10.3 Å². The predicted molar refractivity (Wildman–Crippen MR) is 37.9 cm³/mol. The van der Waals surface area contributed by atoms with Crippen molar-refractivity contribution in [3.05, 3.63) is 24.6 Å². The number of hydrogen-bond donors (Lipinski definition) is 1. The summed E-state index contributed by atoms with van der Waals surface area (Å²) >= 11 is 0. The van der Waals surface area contributed by atoms with E-state index in [1.165, 1.54) is 6.42 Å². The third-order valence-electron chi connectivity index (χ3n) is 1.07. The molecule has 10 heavy (non-hydrogen) atoms. The van der Waals surface area contributed by atoms with Crippen LogP contribution in [0.3, 0.4) is 0 Å². The third-order valence-corrected chi connectivity index (χ3v) is 1.07. The van der Waals surface area contributed by atoms with E-state index in [4.69, 9.17) is 4.74 Å².